The normalized spacial score (nSPS) is 10.5. The molecule has 0 bridgehead atoms. The number of likely N-dealkylation sites (N-methyl/N-ethyl adjacent to an activating group) is 1. The lowest BCUT2D eigenvalue weighted by atomic mass is 10.4. The SMILES string of the molecule is CNc1cc(Cl)cnc1OCCN(C)C. The van der Waals surface area contributed by atoms with Gasteiger partial charge in [0.15, 0.2) is 0 Å². The molecule has 1 N–H and O–H groups in total. The second kappa shape index (κ2) is 5.78. The fourth-order valence-electron chi connectivity index (χ4n) is 1.05. The number of hydrogen-bond acceptors (Lipinski definition) is 4. The molecule has 0 aliphatic carbocycles. The van der Waals surface area contributed by atoms with E-state index in [1.807, 2.05) is 21.1 Å². The molecular weight excluding hydrogens is 214 g/mol. The number of nitrogens with one attached hydrogen (secondary N) is 1. The number of ether oxygens (including phenoxy) is 1. The summed E-state index contributed by atoms with van der Waals surface area (Å²) in [6, 6.07) is 1.79. The van der Waals surface area contributed by atoms with Gasteiger partial charge in [0.05, 0.1) is 10.7 Å². The Morgan fingerprint density at radius 1 is 1.53 bits per heavy atom. The number of aromatic nitrogens is 1. The van der Waals surface area contributed by atoms with E-state index in [0.717, 1.165) is 12.2 Å². The maximum Gasteiger partial charge on any atom is 0.237 e. The van der Waals surface area contributed by atoms with Crippen molar-refractivity contribution >= 4 is 17.3 Å². The first-order chi connectivity index (χ1) is 7.13. The second-order valence-corrected chi connectivity index (χ2v) is 3.84. The number of nitrogens with zero attached hydrogens (tertiary/aromatic N) is 2. The molecule has 0 radical (unpaired) electrons. The van der Waals surface area contributed by atoms with Crippen molar-refractivity contribution in [3.05, 3.63) is 17.3 Å². The van der Waals surface area contributed by atoms with Gasteiger partial charge in [-0.1, -0.05) is 11.6 Å². The molecule has 0 aromatic carbocycles. The predicted octanol–water partition coefficient (Wildman–Crippen LogP) is 1.72. The summed E-state index contributed by atoms with van der Waals surface area (Å²) in [5.74, 6) is 0.587. The summed E-state index contributed by atoms with van der Waals surface area (Å²) in [5.41, 5.74) is 0.807. The van der Waals surface area contributed by atoms with Gasteiger partial charge in [0.25, 0.3) is 0 Å². The van der Waals surface area contributed by atoms with Crippen LogP contribution in [0.4, 0.5) is 5.69 Å². The molecule has 0 fully saturated rings. The standard InChI is InChI=1S/C10H16ClN3O/c1-12-9-6-8(11)7-13-10(9)15-5-4-14(2)3/h6-7,12H,4-5H2,1-3H3. The zero-order valence-electron chi connectivity index (χ0n) is 9.25. The molecule has 0 aliphatic rings. The average molecular weight is 230 g/mol. The van der Waals surface area contributed by atoms with Gasteiger partial charge in [-0.2, -0.15) is 0 Å². The van der Waals surface area contributed by atoms with Crippen molar-refractivity contribution in [2.75, 3.05) is 39.6 Å². The molecule has 4 nitrogen and oxygen atoms in total. The van der Waals surface area contributed by atoms with E-state index in [4.69, 9.17) is 16.3 Å². The first-order valence-electron chi connectivity index (χ1n) is 4.74. The van der Waals surface area contributed by atoms with Crippen molar-refractivity contribution in [3.8, 4) is 5.88 Å². The molecule has 0 unspecified atom stereocenters. The van der Waals surface area contributed by atoms with Crippen molar-refractivity contribution in [2.45, 2.75) is 0 Å². The minimum Gasteiger partial charge on any atom is -0.475 e. The van der Waals surface area contributed by atoms with Crippen LogP contribution < -0.4 is 10.1 Å². The van der Waals surface area contributed by atoms with Crippen LogP contribution in [0, 0.1) is 0 Å². The number of halogens is 1. The van der Waals surface area contributed by atoms with Crippen LogP contribution in [-0.2, 0) is 0 Å². The maximum absolute atomic E-state index is 5.81. The summed E-state index contributed by atoms with van der Waals surface area (Å²) in [5, 5.41) is 3.59. The van der Waals surface area contributed by atoms with Crippen LogP contribution in [0.1, 0.15) is 0 Å². The van der Waals surface area contributed by atoms with Crippen molar-refractivity contribution in [2.24, 2.45) is 0 Å². The number of rotatable bonds is 5. The first kappa shape index (κ1) is 12.1. The lowest BCUT2D eigenvalue weighted by Gasteiger charge is -2.12. The lowest BCUT2D eigenvalue weighted by molar-refractivity contribution is 0.255. The smallest absolute Gasteiger partial charge is 0.237 e. The van der Waals surface area contributed by atoms with Gasteiger partial charge in [0.1, 0.15) is 6.61 Å². The highest BCUT2D eigenvalue weighted by molar-refractivity contribution is 6.30. The van der Waals surface area contributed by atoms with Crippen molar-refractivity contribution in [1.29, 1.82) is 0 Å². The van der Waals surface area contributed by atoms with Crippen LogP contribution in [0.3, 0.4) is 0 Å². The van der Waals surface area contributed by atoms with E-state index in [9.17, 15) is 0 Å². The third-order valence-electron chi connectivity index (χ3n) is 1.86. The summed E-state index contributed by atoms with van der Waals surface area (Å²) in [4.78, 5) is 6.16. The molecule has 0 aliphatic heterocycles. The molecule has 5 heteroatoms. The zero-order chi connectivity index (χ0) is 11.3. The number of pyridine rings is 1. The van der Waals surface area contributed by atoms with Crippen LogP contribution in [-0.4, -0.2) is 44.2 Å². The van der Waals surface area contributed by atoms with Gasteiger partial charge in [-0.3, -0.25) is 0 Å². The molecule has 0 spiro atoms. The van der Waals surface area contributed by atoms with Crippen LogP contribution in [0.5, 0.6) is 5.88 Å². The van der Waals surface area contributed by atoms with Gasteiger partial charge >= 0.3 is 0 Å². The summed E-state index contributed by atoms with van der Waals surface area (Å²) in [7, 11) is 5.81. The van der Waals surface area contributed by atoms with E-state index in [1.165, 1.54) is 0 Å². The molecule has 1 aromatic rings. The first-order valence-corrected chi connectivity index (χ1v) is 5.12. The topological polar surface area (TPSA) is 37.4 Å². The fraction of sp³-hybridized carbons (Fsp3) is 0.500. The Morgan fingerprint density at radius 3 is 2.87 bits per heavy atom. The minimum absolute atomic E-state index is 0.587. The predicted molar refractivity (Wildman–Crippen MR) is 62.8 cm³/mol. The molecular formula is C10H16ClN3O. The third kappa shape index (κ3) is 3.93. The number of hydrogen-bond donors (Lipinski definition) is 1. The van der Waals surface area contributed by atoms with E-state index < -0.39 is 0 Å². The van der Waals surface area contributed by atoms with Crippen molar-refractivity contribution in [3.63, 3.8) is 0 Å². The van der Waals surface area contributed by atoms with E-state index in [-0.39, 0.29) is 0 Å². The molecule has 84 valence electrons. The Balaban J connectivity index is 2.60. The largest absolute Gasteiger partial charge is 0.475 e. The van der Waals surface area contributed by atoms with Gasteiger partial charge in [-0.05, 0) is 20.2 Å². The summed E-state index contributed by atoms with van der Waals surface area (Å²) in [6.07, 6.45) is 1.58. The zero-order valence-corrected chi connectivity index (χ0v) is 10.0. The molecule has 1 heterocycles. The third-order valence-corrected chi connectivity index (χ3v) is 2.07. The highest BCUT2D eigenvalue weighted by atomic mass is 35.5. The Morgan fingerprint density at radius 2 is 2.27 bits per heavy atom. The van der Waals surface area contributed by atoms with Gasteiger partial charge < -0.3 is 15.0 Å². The summed E-state index contributed by atoms with van der Waals surface area (Å²) < 4.78 is 5.52. The molecule has 0 saturated carbocycles. The highest BCUT2D eigenvalue weighted by Crippen LogP contribution is 2.24. The Kier molecular flexibility index (Phi) is 4.65. The highest BCUT2D eigenvalue weighted by Gasteiger charge is 2.04. The molecule has 0 atom stereocenters. The molecule has 1 rings (SSSR count). The van der Waals surface area contributed by atoms with Crippen LogP contribution in [0.25, 0.3) is 0 Å². The Bertz CT molecular complexity index is 318. The van der Waals surface area contributed by atoms with Crippen LogP contribution >= 0.6 is 11.6 Å². The molecule has 1 aromatic heterocycles. The summed E-state index contributed by atoms with van der Waals surface area (Å²) in [6.45, 7) is 1.46. The van der Waals surface area contributed by atoms with Crippen LogP contribution in [0.15, 0.2) is 12.3 Å². The Labute approximate surface area is 95.2 Å². The van der Waals surface area contributed by atoms with Gasteiger partial charge in [0.2, 0.25) is 5.88 Å². The molecule has 15 heavy (non-hydrogen) atoms. The van der Waals surface area contributed by atoms with Crippen LogP contribution in [0.2, 0.25) is 5.02 Å². The summed E-state index contributed by atoms with van der Waals surface area (Å²) >= 11 is 5.81. The average Bonchev–Trinajstić information content (AvgIpc) is 2.19. The maximum atomic E-state index is 5.81. The van der Waals surface area contributed by atoms with E-state index >= 15 is 0 Å². The number of anilines is 1. The van der Waals surface area contributed by atoms with E-state index in [1.54, 1.807) is 12.3 Å². The van der Waals surface area contributed by atoms with Gasteiger partial charge in [0, 0.05) is 19.8 Å². The van der Waals surface area contributed by atoms with E-state index in [0.29, 0.717) is 17.5 Å². The minimum atomic E-state index is 0.587. The van der Waals surface area contributed by atoms with Crippen molar-refractivity contribution < 1.29 is 4.74 Å². The fourth-order valence-corrected chi connectivity index (χ4v) is 1.20. The van der Waals surface area contributed by atoms with Gasteiger partial charge in [-0.25, -0.2) is 4.98 Å². The van der Waals surface area contributed by atoms with Crippen molar-refractivity contribution in [1.82, 2.24) is 9.88 Å². The second-order valence-electron chi connectivity index (χ2n) is 3.41. The lowest BCUT2D eigenvalue weighted by Crippen LogP contribution is -2.20. The quantitative estimate of drug-likeness (QED) is 0.834. The monoisotopic (exact) mass is 229 g/mol. The molecule has 0 amide bonds. The molecule has 0 saturated heterocycles. The Hall–Kier alpha value is -1.00. The van der Waals surface area contributed by atoms with E-state index in [2.05, 4.69) is 15.2 Å². The van der Waals surface area contributed by atoms with Gasteiger partial charge in [-0.15, -0.1) is 0 Å².